The van der Waals surface area contributed by atoms with E-state index in [9.17, 15) is 9.18 Å². The summed E-state index contributed by atoms with van der Waals surface area (Å²) >= 11 is 0. The number of carbonyl (C=O) groups excluding carboxylic acids is 1. The van der Waals surface area contributed by atoms with Crippen molar-refractivity contribution in [3.63, 3.8) is 0 Å². The lowest BCUT2D eigenvalue weighted by molar-refractivity contribution is -0.122. The van der Waals surface area contributed by atoms with Crippen molar-refractivity contribution in [1.29, 1.82) is 0 Å². The molecule has 0 spiro atoms. The van der Waals surface area contributed by atoms with Crippen LogP contribution in [0.1, 0.15) is 17.9 Å². The van der Waals surface area contributed by atoms with Crippen LogP contribution in [-0.4, -0.2) is 26.0 Å². The zero-order chi connectivity index (χ0) is 16.2. The van der Waals surface area contributed by atoms with Gasteiger partial charge in [-0.2, -0.15) is 0 Å². The minimum atomic E-state index is -0.211. The number of hydrogen-bond donors (Lipinski definition) is 1. The first kappa shape index (κ1) is 15.5. The van der Waals surface area contributed by atoms with Crippen molar-refractivity contribution in [3.8, 4) is 0 Å². The maximum Gasteiger partial charge on any atom is 0.223 e. The fraction of sp³-hybridized carbons (Fsp3) is 0.316. The summed E-state index contributed by atoms with van der Waals surface area (Å²) in [4.78, 5) is 14.3. The monoisotopic (exact) mass is 312 g/mol. The van der Waals surface area contributed by atoms with Gasteiger partial charge in [0.1, 0.15) is 5.82 Å². The van der Waals surface area contributed by atoms with E-state index in [4.69, 9.17) is 0 Å². The molecule has 2 unspecified atom stereocenters. The summed E-state index contributed by atoms with van der Waals surface area (Å²) in [7, 11) is 2.00. The van der Waals surface area contributed by atoms with Gasteiger partial charge in [-0.05, 0) is 36.1 Å². The zero-order valence-electron chi connectivity index (χ0n) is 13.2. The molecule has 0 heterocycles. The molecule has 1 aliphatic carbocycles. The van der Waals surface area contributed by atoms with E-state index >= 15 is 0 Å². The lowest BCUT2D eigenvalue weighted by Gasteiger charge is -2.19. The van der Waals surface area contributed by atoms with Crippen LogP contribution in [-0.2, 0) is 4.79 Å². The molecule has 1 saturated carbocycles. The second-order valence-corrected chi connectivity index (χ2v) is 6.02. The molecule has 2 aromatic carbocycles. The number of para-hydroxylation sites is 1. The van der Waals surface area contributed by atoms with Crippen LogP contribution in [0.5, 0.6) is 0 Å². The van der Waals surface area contributed by atoms with E-state index in [1.54, 1.807) is 12.1 Å². The summed E-state index contributed by atoms with van der Waals surface area (Å²) in [5.41, 5.74) is 1.78. The number of nitrogens with zero attached hydrogens (tertiary/aromatic N) is 1. The van der Waals surface area contributed by atoms with Crippen molar-refractivity contribution >= 4 is 11.6 Å². The largest absolute Gasteiger partial charge is 0.373 e. The maximum absolute atomic E-state index is 13.7. The number of hydrogen-bond acceptors (Lipinski definition) is 2. The Labute approximate surface area is 136 Å². The molecule has 1 aliphatic rings. The first-order chi connectivity index (χ1) is 11.2. The number of carbonyl (C=O) groups is 1. The number of likely N-dealkylation sites (N-methyl/N-ethyl adjacent to an activating group) is 1. The van der Waals surface area contributed by atoms with Gasteiger partial charge in [0.2, 0.25) is 5.91 Å². The summed E-state index contributed by atoms with van der Waals surface area (Å²) < 4.78 is 13.7. The van der Waals surface area contributed by atoms with E-state index in [-0.39, 0.29) is 23.6 Å². The molecule has 0 saturated heterocycles. The molecule has 2 aromatic rings. The number of halogens is 1. The Morgan fingerprint density at radius 2 is 1.87 bits per heavy atom. The number of rotatable bonds is 6. The van der Waals surface area contributed by atoms with Crippen LogP contribution in [0.25, 0.3) is 0 Å². The summed E-state index contributed by atoms with van der Waals surface area (Å²) in [6.45, 7) is 1.33. The van der Waals surface area contributed by atoms with Crippen molar-refractivity contribution in [2.75, 3.05) is 25.0 Å². The average molecular weight is 312 g/mol. The molecule has 0 aromatic heterocycles. The van der Waals surface area contributed by atoms with Crippen LogP contribution in [0, 0.1) is 11.7 Å². The standard InChI is InChI=1S/C19H21FN2O/c1-22(14-7-3-2-4-8-14)12-11-21-19(23)17-13-16(17)15-9-5-6-10-18(15)20/h2-10,16-17H,11-13H2,1H3,(H,21,23). The summed E-state index contributed by atoms with van der Waals surface area (Å²) in [6.07, 6.45) is 0.737. The predicted molar refractivity (Wildman–Crippen MR) is 90.0 cm³/mol. The smallest absolute Gasteiger partial charge is 0.223 e. The molecule has 120 valence electrons. The quantitative estimate of drug-likeness (QED) is 0.888. The molecule has 0 aliphatic heterocycles. The zero-order valence-corrected chi connectivity index (χ0v) is 13.2. The van der Waals surface area contributed by atoms with E-state index < -0.39 is 0 Å². The molecule has 0 bridgehead atoms. The lowest BCUT2D eigenvalue weighted by Crippen LogP contribution is -2.34. The molecule has 4 heteroatoms. The molecule has 3 nitrogen and oxygen atoms in total. The van der Waals surface area contributed by atoms with Gasteiger partial charge in [-0.1, -0.05) is 36.4 Å². The highest BCUT2D eigenvalue weighted by Crippen LogP contribution is 2.48. The van der Waals surface area contributed by atoms with Gasteiger partial charge >= 0.3 is 0 Å². The van der Waals surface area contributed by atoms with E-state index in [1.807, 2.05) is 43.4 Å². The van der Waals surface area contributed by atoms with Crippen molar-refractivity contribution < 1.29 is 9.18 Å². The number of benzene rings is 2. The van der Waals surface area contributed by atoms with Gasteiger partial charge in [0, 0.05) is 31.7 Å². The van der Waals surface area contributed by atoms with Crippen LogP contribution in [0.4, 0.5) is 10.1 Å². The van der Waals surface area contributed by atoms with Gasteiger partial charge in [-0.3, -0.25) is 4.79 Å². The molecular weight excluding hydrogens is 291 g/mol. The summed E-state index contributed by atoms with van der Waals surface area (Å²) in [5, 5.41) is 2.96. The lowest BCUT2D eigenvalue weighted by atomic mass is 10.1. The second-order valence-electron chi connectivity index (χ2n) is 6.02. The Bertz CT molecular complexity index is 674. The minimum absolute atomic E-state index is 0.0275. The van der Waals surface area contributed by atoms with Gasteiger partial charge in [-0.15, -0.1) is 0 Å². The maximum atomic E-state index is 13.7. The van der Waals surface area contributed by atoms with Gasteiger partial charge in [0.25, 0.3) is 0 Å². The predicted octanol–water partition coefficient (Wildman–Crippen LogP) is 3.18. The van der Waals surface area contributed by atoms with Gasteiger partial charge < -0.3 is 10.2 Å². The molecular formula is C19H21FN2O. The van der Waals surface area contributed by atoms with Crippen molar-refractivity contribution in [3.05, 3.63) is 66.0 Å². The minimum Gasteiger partial charge on any atom is -0.373 e. The first-order valence-electron chi connectivity index (χ1n) is 7.95. The fourth-order valence-corrected chi connectivity index (χ4v) is 2.89. The van der Waals surface area contributed by atoms with Crippen molar-refractivity contribution in [2.45, 2.75) is 12.3 Å². The highest BCUT2D eigenvalue weighted by Gasteiger charge is 2.44. The summed E-state index contributed by atoms with van der Waals surface area (Å²) in [6, 6.07) is 16.8. The third-order valence-corrected chi connectivity index (χ3v) is 4.38. The van der Waals surface area contributed by atoms with Crippen LogP contribution in [0.2, 0.25) is 0 Å². The third kappa shape index (κ3) is 3.70. The molecule has 3 rings (SSSR count). The average Bonchev–Trinajstić information content (AvgIpc) is 3.36. The van der Waals surface area contributed by atoms with Crippen LogP contribution in [0.3, 0.4) is 0 Å². The topological polar surface area (TPSA) is 32.3 Å². The Balaban J connectivity index is 1.45. The van der Waals surface area contributed by atoms with Crippen LogP contribution >= 0.6 is 0 Å². The van der Waals surface area contributed by atoms with Gasteiger partial charge in [0.15, 0.2) is 0 Å². The Kier molecular flexibility index (Phi) is 4.60. The number of amides is 1. The van der Waals surface area contributed by atoms with Crippen LogP contribution in [0.15, 0.2) is 54.6 Å². The van der Waals surface area contributed by atoms with Gasteiger partial charge in [0.05, 0.1) is 0 Å². The van der Waals surface area contributed by atoms with Crippen LogP contribution < -0.4 is 10.2 Å². The van der Waals surface area contributed by atoms with E-state index in [0.29, 0.717) is 12.1 Å². The Morgan fingerprint density at radius 3 is 2.61 bits per heavy atom. The van der Waals surface area contributed by atoms with Crippen molar-refractivity contribution in [2.24, 2.45) is 5.92 Å². The van der Waals surface area contributed by atoms with Gasteiger partial charge in [-0.25, -0.2) is 4.39 Å². The SMILES string of the molecule is CN(CCNC(=O)C1CC1c1ccccc1F)c1ccccc1. The third-order valence-electron chi connectivity index (χ3n) is 4.38. The number of nitrogens with one attached hydrogen (secondary N) is 1. The molecule has 2 atom stereocenters. The highest BCUT2D eigenvalue weighted by atomic mass is 19.1. The second kappa shape index (κ2) is 6.82. The number of anilines is 1. The van der Waals surface area contributed by atoms with E-state index in [1.165, 1.54) is 6.07 Å². The molecule has 23 heavy (non-hydrogen) atoms. The molecule has 1 N–H and O–H groups in total. The molecule has 1 fully saturated rings. The molecule has 1 amide bonds. The highest BCUT2D eigenvalue weighted by molar-refractivity contribution is 5.82. The fourth-order valence-electron chi connectivity index (χ4n) is 2.89. The Morgan fingerprint density at radius 1 is 1.17 bits per heavy atom. The normalized spacial score (nSPS) is 19.2. The summed E-state index contributed by atoms with van der Waals surface area (Å²) in [5.74, 6) is -0.242. The van der Waals surface area contributed by atoms with E-state index in [2.05, 4.69) is 10.2 Å². The van der Waals surface area contributed by atoms with E-state index in [0.717, 1.165) is 18.7 Å². The molecule has 0 radical (unpaired) electrons. The first-order valence-corrected chi connectivity index (χ1v) is 7.95. The van der Waals surface area contributed by atoms with Crippen molar-refractivity contribution in [1.82, 2.24) is 5.32 Å². The Hall–Kier alpha value is -2.36.